The third-order valence-corrected chi connectivity index (χ3v) is 13.0. The quantitative estimate of drug-likeness (QED) is 0.0651. The van der Waals surface area contributed by atoms with Crippen LogP contribution in [0.4, 0.5) is 52.7 Å². The maximum Gasteiger partial charge on any atom is 0.416 e. The van der Waals surface area contributed by atoms with E-state index in [0.717, 1.165) is 22.8 Å². The zero-order valence-corrected chi connectivity index (χ0v) is 41.5. The van der Waals surface area contributed by atoms with Gasteiger partial charge in [-0.1, -0.05) is 48.5 Å². The first kappa shape index (κ1) is 58.5. The zero-order chi connectivity index (χ0) is 57.5. The lowest BCUT2D eigenvalue weighted by Crippen LogP contribution is -2.25. The van der Waals surface area contributed by atoms with Crippen molar-refractivity contribution in [1.29, 1.82) is 0 Å². The summed E-state index contributed by atoms with van der Waals surface area (Å²) < 4.78 is 175. The molecule has 79 heavy (non-hydrogen) atoms. The second-order valence-electron chi connectivity index (χ2n) is 18.7. The fourth-order valence-electron chi connectivity index (χ4n) is 8.99. The average molecular weight is 1110 g/mol. The molecule has 0 spiro atoms. The molecule has 0 aliphatic heterocycles. The van der Waals surface area contributed by atoms with E-state index in [2.05, 4.69) is 4.74 Å². The number of aryl methyl sites for hydroxylation is 2. The molecule has 0 heterocycles. The van der Waals surface area contributed by atoms with Gasteiger partial charge in [-0.2, -0.15) is 52.7 Å². The summed E-state index contributed by atoms with van der Waals surface area (Å²) in [6.45, 7) is 0.461. The molecule has 0 saturated carbocycles. The van der Waals surface area contributed by atoms with E-state index in [1.807, 2.05) is 24.3 Å². The molecule has 20 heteroatoms. The van der Waals surface area contributed by atoms with Crippen LogP contribution < -0.4 is 9.47 Å². The molecule has 6 aromatic carbocycles. The van der Waals surface area contributed by atoms with E-state index in [4.69, 9.17) is 14.6 Å². The normalized spacial score (nSPS) is 15.8. The van der Waals surface area contributed by atoms with Crippen molar-refractivity contribution in [1.82, 2.24) is 0 Å². The number of fused-ring (bicyclic) bond motifs is 2. The molecule has 0 bridgehead atoms. The summed E-state index contributed by atoms with van der Waals surface area (Å²) in [4.78, 5) is 48.0. The van der Waals surface area contributed by atoms with Gasteiger partial charge in [0.05, 0.1) is 29.4 Å². The number of Topliss-reactive ketones (excluding diaryl/α,β-unsaturated/α-hetero) is 2. The SMILES string of the molecule is COC(=O)/C=C/c1ccc(COc2ccc3c(c2)CCC(Cc2cc(C(F)(F)F)cc(C(F)(F)F)c2)C3=O)cc1.O=C(O)/C=C/c1ccc(COc2ccc3c(c2)CCC(Cc2cc(C(F)(F)F)cc(C(F)(F)F)c2)C3=O)cc1. The number of carboxylic acid groups (broad SMARTS) is 1. The Morgan fingerprint density at radius 2 is 0.848 bits per heavy atom. The number of carboxylic acids is 1. The molecular formula is C59H46F12O8. The molecule has 414 valence electrons. The van der Waals surface area contributed by atoms with Gasteiger partial charge in [0.25, 0.3) is 0 Å². The van der Waals surface area contributed by atoms with E-state index < -0.39 is 70.7 Å². The van der Waals surface area contributed by atoms with Crippen molar-refractivity contribution in [3.63, 3.8) is 0 Å². The Labute approximate surface area is 443 Å². The highest BCUT2D eigenvalue weighted by Gasteiger charge is 2.39. The van der Waals surface area contributed by atoms with Gasteiger partial charge in [0.1, 0.15) is 24.7 Å². The third-order valence-electron chi connectivity index (χ3n) is 13.0. The smallest absolute Gasteiger partial charge is 0.416 e. The van der Waals surface area contributed by atoms with Crippen molar-refractivity contribution in [2.75, 3.05) is 7.11 Å². The standard InChI is InChI=1S/C30H24F6O4.C29H22F6O4/c1-39-27(37)11-6-18-2-4-19(5-3-18)17-40-25-9-10-26-21(15-25)7-8-22(28(26)38)12-20-13-23(29(31,32)33)16-24(14-20)30(34,35)36;30-28(31,32)22-12-19(13-23(15-22)29(33,34)35)11-21-7-6-20-14-24(8-9-25(20)27(21)38)39-16-18-3-1-17(2-4-18)5-10-26(36)37/h2-6,9-11,13-16,22H,7-8,12,17H2,1H3;1-5,8-10,12-15,21H,6-7,11,16H2,(H,36,37)/b11-6+;10-5+. The summed E-state index contributed by atoms with van der Waals surface area (Å²) in [6.07, 6.45) is -13.4. The number of halogens is 12. The first-order valence-electron chi connectivity index (χ1n) is 24.1. The molecule has 8 nitrogen and oxygen atoms in total. The van der Waals surface area contributed by atoms with Crippen molar-refractivity contribution in [3.8, 4) is 11.5 Å². The number of carbonyl (C=O) groups excluding carboxylic acids is 3. The van der Waals surface area contributed by atoms with Crippen molar-refractivity contribution in [2.45, 2.75) is 76.4 Å². The van der Waals surface area contributed by atoms with E-state index in [9.17, 15) is 71.9 Å². The predicted octanol–water partition coefficient (Wildman–Crippen LogP) is 14.9. The molecular weight excluding hydrogens is 1060 g/mol. The molecule has 0 saturated heterocycles. The van der Waals surface area contributed by atoms with Gasteiger partial charge in [0.2, 0.25) is 0 Å². The highest BCUT2D eigenvalue weighted by atomic mass is 19.4. The summed E-state index contributed by atoms with van der Waals surface area (Å²) >= 11 is 0. The fraction of sp³-hybridized carbons (Fsp3) is 0.254. The van der Waals surface area contributed by atoms with Crippen molar-refractivity contribution >= 4 is 35.7 Å². The van der Waals surface area contributed by atoms with Crippen LogP contribution >= 0.6 is 0 Å². The van der Waals surface area contributed by atoms with Crippen LogP contribution in [0, 0.1) is 11.8 Å². The number of hydrogen-bond donors (Lipinski definition) is 1. The number of carbonyl (C=O) groups is 4. The lowest BCUT2D eigenvalue weighted by Gasteiger charge is -2.24. The van der Waals surface area contributed by atoms with Crippen LogP contribution in [0.15, 0.2) is 133 Å². The van der Waals surface area contributed by atoms with E-state index in [-0.39, 0.29) is 73.7 Å². The number of ketones is 2. The molecule has 0 amide bonds. The summed E-state index contributed by atoms with van der Waals surface area (Å²) in [5, 5.41) is 8.69. The Morgan fingerprint density at radius 1 is 0.494 bits per heavy atom. The molecule has 8 rings (SSSR count). The lowest BCUT2D eigenvalue weighted by atomic mass is 9.79. The number of ether oxygens (including phenoxy) is 3. The zero-order valence-electron chi connectivity index (χ0n) is 41.5. The van der Waals surface area contributed by atoms with Gasteiger partial charge in [0, 0.05) is 35.1 Å². The van der Waals surface area contributed by atoms with Crippen LogP contribution in [-0.4, -0.2) is 35.7 Å². The van der Waals surface area contributed by atoms with E-state index >= 15 is 0 Å². The Bertz CT molecular complexity index is 3200. The Hall–Kier alpha value is -8.16. The number of alkyl halides is 12. The van der Waals surface area contributed by atoms with Crippen LogP contribution in [0.3, 0.4) is 0 Å². The number of hydrogen-bond acceptors (Lipinski definition) is 7. The molecule has 2 aliphatic rings. The summed E-state index contributed by atoms with van der Waals surface area (Å²) in [6, 6.07) is 27.0. The highest BCUT2D eigenvalue weighted by Crippen LogP contribution is 2.40. The first-order chi connectivity index (χ1) is 37.1. The second kappa shape index (κ2) is 24.2. The van der Waals surface area contributed by atoms with Gasteiger partial charge in [0.15, 0.2) is 11.6 Å². The van der Waals surface area contributed by atoms with Gasteiger partial charge < -0.3 is 19.3 Å². The number of benzene rings is 6. The van der Waals surface area contributed by atoms with Gasteiger partial charge in [-0.15, -0.1) is 0 Å². The Balaban J connectivity index is 0.000000229. The minimum absolute atomic E-state index is 0.0773. The minimum atomic E-state index is -4.95. The molecule has 0 radical (unpaired) electrons. The van der Waals surface area contributed by atoms with Gasteiger partial charge in [-0.05, 0) is 168 Å². The van der Waals surface area contributed by atoms with Crippen molar-refractivity contribution in [3.05, 3.63) is 211 Å². The second-order valence-corrected chi connectivity index (χ2v) is 18.7. The molecule has 6 aromatic rings. The number of esters is 1. The van der Waals surface area contributed by atoms with E-state index in [1.165, 1.54) is 19.3 Å². The van der Waals surface area contributed by atoms with Gasteiger partial charge in [-0.3, -0.25) is 9.59 Å². The summed E-state index contributed by atoms with van der Waals surface area (Å²) in [5.74, 6) is -2.64. The molecule has 0 fully saturated rings. The average Bonchev–Trinajstić information content (AvgIpc) is 3.43. The number of methoxy groups -OCH3 is 1. The van der Waals surface area contributed by atoms with Crippen LogP contribution in [0.1, 0.15) is 100 Å². The minimum Gasteiger partial charge on any atom is -0.489 e. The van der Waals surface area contributed by atoms with E-state index in [0.29, 0.717) is 76.4 Å². The molecule has 2 aliphatic carbocycles. The maximum absolute atomic E-state index is 13.2. The lowest BCUT2D eigenvalue weighted by molar-refractivity contribution is -0.144. The van der Waals surface area contributed by atoms with Gasteiger partial charge in [-0.25, -0.2) is 9.59 Å². The predicted molar refractivity (Wildman–Crippen MR) is 265 cm³/mol. The monoisotopic (exact) mass is 1110 g/mol. The van der Waals surface area contributed by atoms with E-state index in [1.54, 1.807) is 66.7 Å². The Morgan fingerprint density at radius 3 is 1.18 bits per heavy atom. The van der Waals surface area contributed by atoms with Crippen LogP contribution in [-0.2, 0) is 77.9 Å². The first-order valence-corrected chi connectivity index (χ1v) is 24.1. The highest BCUT2D eigenvalue weighted by molar-refractivity contribution is 6.01. The fourth-order valence-corrected chi connectivity index (χ4v) is 8.99. The maximum atomic E-state index is 13.2. The topological polar surface area (TPSA) is 116 Å². The third kappa shape index (κ3) is 16.0. The van der Waals surface area contributed by atoms with Gasteiger partial charge >= 0.3 is 36.6 Å². The number of aliphatic carboxylic acids is 1. The summed E-state index contributed by atoms with van der Waals surface area (Å²) in [7, 11) is 1.29. The molecule has 1 N–H and O–H groups in total. The van der Waals surface area contributed by atoms with Crippen molar-refractivity contribution in [2.24, 2.45) is 11.8 Å². The molecule has 2 unspecified atom stereocenters. The van der Waals surface area contributed by atoms with Crippen molar-refractivity contribution < 1.29 is 91.2 Å². The molecule has 0 aromatic heterocycles. The molecule has 2 atom stereocenters. The summed E-state index contributed by atoms with van der Waals surface area (Å²) in [5.41, 5.74) is -0.593. The van der Waals surface area contributed by atoms with Crippen LogP contribution in [0.2, 0.25) is 0 Å². The van der Waals surface area contributed by atoms with Crippen LogP contribution in [0.25, 0.3) is 12.2 Å². The largest absolute Gasteiger partial charge is 0.489 e. The Kier molecular flexibility index (Phi) is 18.0. The van der Waals surface area contributed by atoms with Crippen LogP contribution in [0.5, 0.6) is 11.5 Å². The number of rotatable bonds is 14.